The second-order valence-electron chi connectivity index (χ2n) is 7.87. The number of Topliss-reactive ketones (excluding diaryl/α,β-unsaturated/α-hetero) is 1. The minimum Gasteiger partial charge on any atom is -0.453 e. The number of para-hydroxylation sites is 1. The molecule has 0 saturated carbocycles. The van der Waals surface area contributed by atoms with Crippen molar-refractivity contribution in [3.63, 3.8) is 0 Å². The van der Waals surface area contributed by atoms with Gasteiger partial charge in [-0.2, -0.15) is 0 Å². The van der Waals surface area contributed by atoms with Crippen LogP contribution in [0.1, 0.15) is 51.1 Å². The number of carbonyl (C=O) groups excluding carboxylic acids is 1. The summed E-state index contributed by atoms with van der Waals surface area (Å²) in [5, 5.41) is 3.62. The zero-order chi connectivity index (χ0) is 22.1. The maximum Gasteiger partial charge on any atom is 0.181 e. The number of benzene rings is 2. The zero-order valence-corrected chi connectivity index (χ0v) is 19.0. The first-order valence-electron chi connectivity index (χ1n) is 10.4. The summed E-state index contributed by atoms with van der Waals surface area (Å²) in [4.78, 5) is 14.3. The Morgan fingerprint density at radius 2 is 1.90 bits per heavy atom. The number of nitrogens with one attached hydrogen (secondary N) is 1. The predicted octanol–water partition coefficient (Wildman–Crippen LogP) is 6.00. The minimum atomic E-state index is -0.477. The monoisotopic (exact) mass is 434 g/mol. The molecule has 6 heteroatoms. The molecular weight excluding hydrogens is 403 g/mol. The number of ether oxygens (including phenoxy) is 1. The molecule has 0 amide bonds. The molecule has 0 aliphatic rings. The SMILES string of the molecule is CC[C@@H](N[C@H](C)CC(=O)CCCN(C)C)c1ccc(Cl)c(Oc2ccccc2)c1F. The number of hydrogen-bond acceptors (Lipinski definition) is 4. The lowest BCUT2D eigenvalue weighted by Gasteiger charge is -2.24. The van der Waals surface area contributed by atoms with E-state index in [2.05, 4.69) is 10.2 Å². The Bertz CT molecular complexity index is 814. The van der Waals surface area contributed by atoms with E-state index in [1.54, 1.807) is 24.3 Å². The molecule has 2 aromatic rings. The average Bonchev–Trinajstić information content (AvgIpc) is 2.70. The number of nitrogens with zero attached hydrogens (tertiary/aromatic N) is 1. The van der Waals surface area contributed by atoms with Crippen molar-refractivity contribution < 1.29 is 13.9 Å². The Labute approximate surface area is 184 Å². The van der Waals surface area contributed by atoms with Crippen molar-refractivity contribution in [1.82, 2.24) is 10.2 Å². The first kappa shape index (κ1) is 24.3. The molecule has 0 heterocycles. The van der Waals surface area contributed by atoms with Gasteiger partial charge in [0.15, 0.2) is 11.6 Å². The average molecular weight is 435 g/mol. The predicted molar refractivity (Wildman–Crippen MR) is 121 cm³/mol. The van der Waals surface area contributed by atoms with Crippen LogP contribution in [0.2, 0.25) is 5.02 Å². The quantitative estimate of drug-likeness (QED) is 0.444. The Morgan fingerprint density at radius 3 is 2.53 bits per heavy atom. The molecule has 4 nitrogen and oxygen atoms in total. The molecular formula is C24H32ClFN2O2. The van der Waals surface area contributed by atoms with Crippen LogP contribution in [0, 0.1) is 5.82 Å². The Kier molecular flexibility index (Phi) is 9.76. The van der Waals surface area contributed by atoms with E-state index in [4.69, 9.17) is 16.3 Å². The van der Waals surface area contributed by atoms with E-state index in [9.17, 15) is 4.79 Å². The maximum absolute atomic E-state index is 15.3. The number of rotatable bonds is 12. The van der Waals surface area contributed by atoms with Gasteiger partial charge in [-0.05, 0) is 58.6 Å². The van der Waals surface area contributed by atoms with Gasteiger partial charge in [0.05, 0.1) is 5.02 Å². The fourth-order valence-corrected chi connectivity index (χ4v) is 3.57. The largest absolute Gasteiger partial charge is 0.453 e. The molecule has 164 valence electrons. The zero-order valence-electron chi connectivity index (χ0n) is 18.3. The van der Waals surface area contributed by atoms with Gasteiger partial charge in [-0.15, -0.1) is 0 Å². The molecule has 1 N–H and O–H groups in total. The second kappa shape index (κ2) is 12.0. The molecule has 2 aromatic carbocycles. The molecule has 30 heavy (non-hydrogen) atoms. The third-order valence-electron chi connectivity index (χ3n) is 4.91. The van der Waals surface area contributed by atoms with Gasteiger partial charge >= 0.3 is 0 Å². The van der Waals surface area contributed by atoms with Crippen LogP contribution in [-0.4, -0.2) is 37.4 Å². The van der Waals surface area contributed by atoms with Crippen LogP contribution < -0.4 is 10.1 Å². The highest BCUT2D eigenvalue weighted by molar-refractivity contribution is 6.32. The van der Waals surface area contributed by atoms with E-state index < -0.39 is 5.82 Å². The molecule has 2 rings (SSSR count). The van der Waals surface area contributed by atoms with Crippen molar-refractivity contribution in [1.29, 1.82) is 0 Å². The van der Waals surface area contributed by atoms with E-state index in [0.717, 1.165) is 13.0 Å². The fraction of sp³-hybridized carbons (Fsp3) is 0.458. The molecule has 0 aliphatic carbocycles. The Balaban J connectivity index is 2.06. The summed E-state index contributed by atoms with van der Waals surface area (Å²) in [6.45, 7) is 4.84. The summed E-state index contributed by atoms with van der Waals surface area (Å²) >= 11 is 6.21. The van der Waals surface area contributed by atoms with Crippen molar-refractivity contribution in [2.45, 2.75) is 51.6 Å². The molecule has 0 unspecified atom stereocenters. The van der Waals surface area contributed by atoms with Crippen LogP contribution in [0.5, 0.6) is 11.5 Å². The van der Waals surface area contributed by atoms with E-state index in [-0.39, 0.29) is 28.6 Å². The van der Waals surface area contributed by atoms with Crippen molar-refractivity contribution in [3.05, 3.63) is 58.9 Å². The smallest absolute Gasteiger partial charge is 0.181 e. The summed E-state index contributed by atoms with van der Waals surface area (Å²) in [6, 6.07) is 12.0. The van der Waals surface area contributed by atoms with E-state index >= 15 is 4.39 Å². The Hall–Kier alpha value is -1.95. The first-order chi connectivity index (χ1) is 14.3. The summed E-state index contributed by atoms with van der Waals surface area (Å²) in [6.07, 6.45) is 2.50. The topological polar surface area (TPSA) is 41.6 Å². The number of carbonyl (C=O) groups is 1. The normalized spacial score (nSPS) is 13.3. The lowest BCUT2D eigenvalue weighted by Crippen LogP contribution is -2.32. The van der Waals surface area contributed by atoms with Crippen LogP contribution >= 0.6 is 11.6 Å². The molecule has 0 aromatic heterocycles. The van der Waals surface area contributed by atoms with Gasteiger partial charge in [0.25, 0.3) is 0 Å². The second-order valence-corrected chi connectivity index (χ2v) is 8.28. The maximum atomic E-state index is 15.3. The van der Waals surface area contributed by atoms with Gasteiger partial charge in [-0.3, -0.25) is 4.79 Å². The van der Waals surface area contributed by atoms with Gasteiger partial charge < -0.3 is 15.0 Å². The van der Waals surface area contributed by atoms with Crippen LogP contribution in [0.15, 0.2) is 42.5 Å². The molecule has 0 bridgehead atoms. The molecule has 0 radical (unpaired) electrons. The van der Waals surface area contributed by atoms with E-state index in [0.29, 0.717) is 30.6 Å². The summed E-state index contributed by atoms with van der Waals surface area (Å²) in [7, 11) is 3.99. The van der Waals surface area contributed by atoms with Crippen LogP contribution in [0.25, 0.3) is 0 Å². The highest BCUT2D eigenvalue weighted by atomic mass is 35.5. The first-order valence-corrected chi connectivity index (χ1v) is 10.8. The van der Waals surface area contributed by atoms with Crippen LogP contribution in [-0.2, 0) is 4.79 Å². The summed E-state index contributed by atoms with van der Waals surface area (Å²) in [5.41, 5.74) is 0.486. The lowest BCUT2D eigenvalue weighted by atomic mass is 10.0. The van der Waals surface area contributed by atoms with Crippen LogP contribution in [0.3, 0.4) is 0 Å². The third-order valence-corrected chi connectivity index (χ3v) is 5.20. The van der Waals surface area contributed by atoms with Crippen molar-refractivity contribution in [2.75, 3.05) is 20.6 Å². The molecule has 0 aliphatic heterocycles. The molecule has 0 fully saturated rings. The standard InChI is InChI=1S/C24H32ClFN2O2/c1-5-22(27-17(2)16-18(29)10-9-15-28(3)4)20-13-14-21(25)24(23(20)26)30-19-11-7-6-8-12-19/h6-8,11-14,17,22,27H,5,9-10,15-16H2,1-4H3/t17-,22-/m1/s1. The van der Waals surface area contributed by atoms with Crippen LogP contribution in [0.4, 0.5) is 4.39 Å². The van der Waals surface area contributed by atoms with Gasteiger partial charge in [-0.25, -0.2) is 4.39 Å². The third kappa shape index (κ3) is 7.38. The van der Waals surface area contributed by atoms with Crippen molar-refractivity contribution in [2.24, 2.45) is 0 Å². The molecule has 0 spiro atoms. The highest BCUT2D eigenvalue weighted by Gasteiger charge is 2.22. The van der Waals surface area contributed by atoms with Gasteiger partial charge in [0.2, 0.25) is 0 Å². The summed E-state index contributed by atoms with van der Waals surface area (Å²) < 4.78 is 21.0. The molecule has 0 saturated heterocycles. The highest BCUT2D eigenvalue weighted by Crippen LogP contribution is 2.36. The Morgan fingerprint density at radius 1 is 1.20 bits per heavy atom. The van der Waals surface area contributed by atoms with Gasteiger partial charge in [-0.1, -0.05) is 42.8 Å². The van der Waals surface area contributed by atoms with E-state index in [1.165, 1.54) is 0 Å². The molecule has 2 atom stereocenters. The fourth-order valence-electron chi connectivity index (χ4n) is 3.38. The lowest BCUT2D eigenvalue weighted by molar-refractivity contribution is -0.119. The number of ketones is 1. The van der Waals surface area contributed by atoms with Gasteiger partial charge in [0, 0.05) is 30.5 Å². The van der Waals surface area contributed by atoms with Crippen molar-refractivity contribution >= 4 is 17.4 Å². The number of hydrogen-bond donors (Lipinski definition) is 1. The van der Waals surface area contributed by atoms with E-state index in [1.807, 2.05) is 46.1 Å². The minimum absolute atomic E-state index is 0.0213. The van der Waals surface area contributed by atoms with Crippen molar-refractivity contribution in [3.8, 4) is 11.5 Å². The number of halogens is 2. The summed E-state index contributed by atoms with van der Waals surface area (Å²) in [5.74, 6) is 0.285. The van der Waals surface area contributed by atoms with Gasteiger partial charge in [0.1, 0.15) is 11.5 Å².